The highest BCUT2D eigenvalue weighted by molar-refractivity contribution is 5.81. The van der Waals surface area contributed by atoms with Gasteiger partial charge in [0.25, 0.3) is 0 Å². The van der Waals surface area contributed by atoms with Crippen LogP contribution in [0.15, 0.2) is 0 Å². The van der Waals surface area contributed by atoms with Crippen LogP contribution in [0.3, 0.4) is 0 Å². The molecule has 0 aromatic carbocycles. The van der Waals surface area contributed by atoms with Crippen LogP contribution in [0.2, 0.25) is 0 Å². The van der Waals surface area contributed by atoms with E-state index >= 15 is 0 Å². The summed E-state index contributed by atoms with van der Waals surface area (Å²) in [5.41, 5.74) is 0. The minimum Gasteiger partial charge on any atom is -0.391 e. The Labute approximate surface area is 97.8 Å². The molecule has 1 N–H and O–H groups in total. The number of carbonyl (C=O) groups excluding carboxylic acids is 1. The maximum atomic E-state index is 11.5. The zero-order chi connectivity index (χ0) is 11.5. The molecule has 1 aliphatic carbocycles. The van der Waals surface area contributed by atoms with Crippen LogP contribution in [0.1, 0.15) is 45.4 Å². The number of rotatable bonds is 1. The summed E-state index contributed by atoms with van der Waals surface area (Å²) in [6, 6.07) is 0.304. The third-order valence-corrected chi connectivity index (χ3v) is 4.12. The lowest BCUT2D eigenvalue weighted by Gasteiger charge is -2.38. The van der Waals surface area contributed by atoms with Crippen LogP contribution >= 0.6 is 0 Å². The van der Waals surface area contributed by atoms with Gasteiger partial charge >= 0.3 is 0 Å². The Morgan fingerprint density at radius 1 is 1.25 bits per heavy atom. The third-order valence-electron chi connectivity index (χ3n) is 4.12. The van der Waals surface area contributed by atoms with Crippen molar-refractivity contribution in [2.45, 2.75) is 57.6 Å². The number of aliphatic hydroxyl groups excluding tert-OH is 1. The number of hydrogen-bond donors (Lipinski definition) is 1. The molecule has 3 unspecified atom stereocenters. The first-order chi connectivity index (χ1) is 7.68. The average Bonchev–Trinajstić information content (AvgIpc) is 2.47. The van der Waals surface area contributed by atoms with Crippen molar-refractivity contribution in [2.75, 3.05) is 13.1 Å². The SMILES string of the molecule is CC1CN(C2CCCCCC2O)CCC1=O. The standard InChI is InChI=1S/C13H23NO2/c1-10-9-14(8-7-12(10)15)11-5-3-2-4-6-13(11)16/h10-11,13,16H,2-9H2,1H3. The molecule has 2 fully saturated rings. The Morgan fingerprint density at radius 3 is 2.75 bits per heavy atom. The van der Waals surface area contributed by atoms with E-state index in [1.165, 1.54) is 12.8 Å². The third kappa shape index (κ3) is 2.64. The monoisotopic (exact) mass is 225 g/mol. The summed E-state index contributed by atoms with van der Waals surface area (Å²) >= 11 is 0. The molecule has 1 saturated carbocycles. The normalized spacial score (nSPS) is 38.4. The van der Waals surface area contributed by atoms with E-state index in [2.05, 4.69) is 4.90 Å². The largest absolute Gasteiger partial charge is 0.391 e. The number of ketones is 1. The van der Waals surface area contributed by atoms with Gasteiger partial charge in [-0.3, -0.25) is 9.69 Å². The predicted octanol–water partition coefficient (Wildman–Crippen LogP) is 1.59. The number of piperidine rings is 1. The Morgan fingerprint density at radius 2 is 2.00 bits per heavy atom. The minimum absolute atomic E-state index is 0.157. The Hall–Kier alpha value is -0.410. The highest BCUT2D eigenvalue weighted by atomic mass is 16.3. The average molecular weight is 225 g/mol. The molecule has 16 heavy (non-hydrogen) atoms. The maximum Gasteiger partial charge on any atom is 0.138 e. The van der Waals surface area contributed by atoms with E-state index in [1.54, 1.807) is 0 Å². The number of aliphatic hydroxyl groups is 1. The van der Waals surface area contributed by atoms with Gasteiger partial charge < -0.3 is 5.11 Å². The molecule has 0 aromatic rings. The number of carbonyl (C=O) groups is 1. The van der Waals surface area contributed by atoms with Crippen LogP contribution in [-0.4, -0.2) is 41.0 Å². The zero-order valence-corrected chi connectivity index (χ0v) is 10.2. The fourth-order valence-electron chi connectivity index (χ4n) is 3.04. The van der Waals surface area contributed by atoms with E-state index in [0.717, 1.165) is 32.4 Å². The quantitative estimate of drug-likeness (QED) is 0.689. The van der Waals surface area contributed by atoms with Crippen LogP contribution in [0.4, 0.5) is 0 Å². The van der Waals surface area contributed by atoms with E-state index in [0.29, 0.717) is 18.2 Å². The fourth-order valence-corrected chi connectivity index (χ4v) is 3.04. The highest BCUT2D eigenvalue weighted by Gasteiger charge is 2.32. The molecule has 3 atom stereocenters. The molecule has 3 heteroatoms. The zero-order valence-electron chi connectivity index (χ0n) is 10.2. The Kier molecular flexibility index (Phi) is 3.98. The molecule has 92 valence electrons. The van der Waals surface area contributed by atoms with Gasteiger partial charge in [0, 0.05) is 31.5 Å². The van der Waals surface area contributed by atoms with E-state index in [-0.39, 0.29) is 12.0 Å². The van der Waals surface area contributed by atoms with Crippen LogP contribution in [0, 0.1) is 5.92 Å². The molecule has 2 aliphatic rings. The Balaban J connectivity index is 1.97. The first kappa shape index (κ1) is 12.1. The molecule has 3 nitrogen and oxygen atoms in total. The summed E-state index contributed by atoms with van der Waals surface area (Å²) in [4.78, 5) is 13.8. The van der Waals surface area contributed by atoms with Gasteiger partial charge in [0.2, 0.25) is 0 Å². The molecular formula is C13H23NO2. The summed E-state index contributed by atoms with van der Waals surface area (Å²) in [7, 11) is 0. The van der Waals surface area contributed by atoms with Crippen molar-refractivity contribution in [1.29, 1.82) is 0 Å². The second-order valence-corrected chi connectivity index (χ2v) is 5.39. The second kappa shape index (κ2) is 5.28. The van der Waals surface area contributed by atoms with E-state index in [1.807, 2.05) is 6.92 Å². The van der Waals surface area contributed by atoms with Gasteiger partial charge in [-0.1, -0.05) is 26.2 Å². The summed E-state index contributed by atoms with van der Waals surface area (Å²) < 4.78 is 0. The predicted molar refractivity (Wildman–Crippen MR) is 63.2 cm³/mol. The van der Waals surface area contributed by atoms with Gasteiger partial charge in [-0.2, -0.15) is 0 Å². The van der Waals surface area contributed by atoms with Gasteiger partial charge in [-0.05, 0) is 12.8 Å². The number of Topliss-reactive ketones (excluding diaryl/α,β-unsaturated/α-hetero) is 1. The van der Waals surface area contributed by atoms with Crippen molar-refractivity contribution < 1.29 is 9.90 Å². The second-order valence-electron chi connectivity index (χ2n) is 5.39. The first-order valence-electron chi connectivity index (χ1n) is 6.63. The summed E-state index contributed by atoms with van der Waals surface area (Å²) in [5.74, 6) is 0.545. The molecular weight excluding hydrogens is 202 g/mol. The topological polar surface area (TPSA) is 40.5 Å². The summed E-state index contributed by atoms with van der Waals surface area (Å²) in [5, 5.41) is 10.1. The summed E-state index contributed by atoms with van der Waals surface area (Å²) in [6.07, 6.45) is 6.15. The van der Waals surface area contributed by atoms with Gasteiger partial charge in [0.1, 0.15) is 5.78 Å². The van der Waals surface area contributed by atoms with Crippen molar-refractivity contribution in [3.8, 4) is 0 Å². The van der Waals surface area contributed by atoms with Crippen LogP contribution in [0.25, 0.3) is 0 Å². The lowest BCUT2D eigenvalue weighted by Crippen LogP contribution is -2.49. The number of hydrogen-bond acceptors (Lipinski definition) is 3. The van der Waals surface area contributed by atoms with E-state index in [9.17, 15) is 9.90 Å². The van der Waals surface area contributed by atoms with Crippen molar-refractivity contribution in [2.24, 2.45) is 5.92 Å². The highest BCUT2D eigenvalue weighted by Crippen LogP contribution is 2.25. The molecule has 1 aliphatic heterocycles. The molecule has 1 heterocycles. The lowest BCUT2D eigenvalue weighted by atomic mass is 9.94. The van der Waals surface area contributed by atoms with Gasteiger partial charge in [0.05, 0.1) is 6.10 Å². The first-order valence-corrected chi connectivity index (χ1v) is 6.63. The van der Waals surface area contributed by atoms with Crippen LogP contribution < -0.4 is 0 Å². The number of likely N-dealkylation sites (tertiary alicyclic amines) is 1. The van der Waals surface area contributed by atoms with Crippen molar-refractivity contribution in [3.63, 3.8) is 0 Å². The van der Waals surface area contributed by atoms with E-state index < -0.39 is 0 Å². The molecule has 0 bridgehead atoms. The van der Waals surface area contributed by atoms with Crippen molar-refractivity contribution in [3.05, 3.63) is 0 Å². The molecule has 0 spiro atoms. The van der Waals surface area contributed by atoms with E-state index in [4.69, 9.17) is 0 Å². The smallest absolute Gasteiger partial charge is 0.138 e. The van der Waals surface area contributed by atoms with Crippen molar-refractivity contribution in [1.82, 2.24) is 4.90 Å². The fraction of sp³-hybridized carbons (Fsp3) is 0.923. The minimum atomic E-state index is -0.178. The molecule has 2 rings (SSSR count). The molecule has 0 amide bonds. The molecule has 0 aromatic heterocycles. The van der Waals surface area contributed by atoms with Crippen LogP contribution in [0.5, 0.6) is 0 Å². The van der Waals surface area contributed by atoms with Gasteiger partial charge in [-0.15, -0.1) is 0 Å². The molecule has 0 radical (unpaired) electrons. The van der Waals surface area contributed by atoms with Gasteiger partial charge in [0.15, 0.2) is 0 Å². The summed E-state index contributed by atoms with van der Waals surface area (Å²) in [6.45, 7) is 3.71. The van der Waals surface area contributed by atoms with Crippen molar-refractivity contribution >= 4 is 5.78 Å². The molecule has 1 saturated heterocycles. The lowest BCUT2D eigenvalue weighted by molar-refractivity contribution is -0.127. The maximum absolute atomic E-state index is 11.5. The van der Waals surface area contributed by atoms with Crippen LogP contribution in [-0.2, 0) is 4.79 Å². The number of nitrogens with zero attached hydrogens (tertiary/aromatic N) is 1. The Bertz CT molecular complexity index is 254. The van der Waals surface area contributed by atoms with Gasteiger partial charge in [-0.25, -0.2) is 0 Å².